The quantitative estimate of drug-likeness (QED) is 0.895. The van der Waals surface area contributed by atoms with E-state index in [-0.39, 0.29) is 5.41 Å². The van der Waals surface area contributed by atoms with Crippen LogP contribution in [0.3, 0.4) is 0 Å². The number of hydrogen-bond acceptors (Lipinski definition) is 3. The Kier molecular flexibility index (Phi) is 3.88. The zero-order valence-electron chi connectivity index (χ0n) is 12.4. The smallest absolute Gasteiger partial charge is 0.161 e. The van der Waals surface area contributed by atoms with E-state index in [1.807, 2.05) is 0 Å². The molecule has 110 valence electrons. The van der Waals surface area contributed by atoms with Crippen LogP contribution in [0.25, 0.3) is 0 Å². The second-order valence-electron chi connectivity index (χ2n) is 6.23. The van der Waals surface area contributed by atoms with Crippen molar-refractivity contribution < 1.29 is 9.47 Å². The van der Waals surface area contributed by atoms with E-state index in [0.29, 0.717) is 6.10 Å². The second-order valence-corrected chi connectivity index (χ2v) is 6.23. The third-order valence-electron chi connectivity index (χ3n) is 4.80. The summed E-state index contributed by atoms with van der Waals surface area (Å²) in [6.07, 6.45) is 9.00. The van der Waals surface area contributed by atoms with E-state index < -0.39 is 0 Å². The van der Waals surface area contributed by atoms with Crippen LogP contribution in [0.2, 0.25) is 0 Å². The SMILES string of the molecule is COc1cc(C2(CN)CCCCC2)ccc1OC1CC1. The fourth-order valence-corrected chi connectivity index (χ4v) is 3.30. The third-order valence-corrected chi connectivity index (χ3v) is 4.80. The van der Waals surface area contributed by atoms with Gasteiger partial charge in [0.25, 0.3) is 0 Å². The molecule has 0 heterocycles. The molecule has 0 atom stereocenters. The molecule has 0 saturated heterocycles. The molecule has 2 aliphatic rings. The van der Waals surface area contributed by atoms with E-state index in [0.717, 1.165) is 30.9 Å². The summed E-state index contributed by atoms with van der Waals surface area (Å²) in [5.41, 5.74) is 7.58. The van der Waals surface area contributed by atoms with Gasteiger partial charge in [0.2, 0.25) is 0 Å². The number of ether oxygens (including phenoxy) is 2. The second kappa shape index (κ2) is 5.65. The fourth-order valence-electron chi connectivity index (χ4n) is 3.30. The van der Waals surface area contributed by atoms with Gasteiger partial charge in [-0.2, -0.15) is 0 Å². The van der Waals surface area contributed by atoms with Crippen LogP contribution in [0.1, 0.15) is 50.5 Å². The van der Waals surface area contributed by atoms with E-state index in [1.54, 1.807) is 7.11 Å². The maximum absolute atomic E-state index is 6.12. The van der Waals surface area contributed by atoms with Gasteiger partial charge >= 0.3 is 0 Å². The van der Waals surface area contributed by atoms with E-state index in [1.165, 1.54) is 37.7 Å². The molecule has 0 bridgehead atoms. The summed E-state index contributed by atoms with van der Waals surface area (Å²) < 4.78 is 11.4. The predicted molar refractivity (Wildman–Crippen MR) is 80.5 cm³/mol. The Balaban J connectivity index is 1.88. The number of benzene rings is 1. The number of methoxy groups -OCH3 is 1. The fraction of sp³-hybridized carbons (Fsp3) is 0.647. The van der Waals surface area contributed by atoms with Crippen LogP contribution in [0.5, 0.6) is 11.5 Å². The van der Waals surface area contributed by atoms with Gasteiger partial charge in [0.05, 0.1) is 13.2 Å². The van der Waals surface area contributed by atoms with Crippen molar-refractivity contribution in [1.29, 1.82) is 0 Å². The van der Waals surface area contributed by atoms with E-state index in [2.05, 4.69) is 18.2 Å². The standard InChI is InChI=1S/C17H25NO2/c1-19-16-11-13(5-8-15(16)20-14-6-7-14)17(12-18)9-3-2-4-10-17/h5,8,11,14H,2-4,6-7,9-10,12,18H2,1H3. The van der Waals surface area contributed by atoms with Crippen molar-refractivity contribution in [2.45, 2.75) is 56.5 Å². The normalized spacial score (nSPS) is 21.5. The van der Waals surface area contributed by atoms with E-state index >= 15 is 0 Å². The first-order chi connectivity index (χ1) is 9.77. The highest BCUT2D eigenvalue weighted by Gasteiger charge is 2.33. The number of rotatable bonds is 5. The Morgan fingerprint density at radius 3 is 2.50 bits per heavy atom. The summed E-state index contributed by atoms with van der Waals surface area (Å²) >= 11 is 0. The summed E-state index contributed by atoms with van der Waals surface area (Å²) in [4.78, 5) is 0. The molecule has 20 heavy (non-hydrogen) atoms. The molecular weight excluding hydrogens is 250 g/mol. The molecule has 1 aromatic carbocycles. The van der Waals surface area contributed by atoms with Gasteiger partial charge in [-0.3, -0.25) is 0 Å². The van der Waals surface area contributed by atoms with Gasteiger partial charge in [-0.25, -0.2) is 0 Å². The van der Waals surface area contributed by atoms with Crippen molar-refractivity contribution in [3.05, 3.63) is 23.8 Å². The predicted octanol–water partition coefficient (Wildman–Crippen LogP) is 3.40. The Bertz CT molecular complexity index is 462. The monoisotopic (exact) mass is 275 g/mol. The van der Waals surface area contributed by atoms with Crippen LogP contribution >= 0.6 is 0 Å². The minimum Gasteiger partial charge on any atom is -0.493 e. The average molecular weight is 275 g/mol. The van der Waals surface area contributed by atoms with E-state index in [9.17, 15) is 0 Å². The first kappa shape index (κ1) is 13.7. The van der Waals surface area contributed by atoms with Crippen molar-refractivity contribution in [2.24, 2.45) is 5.73 Å². The lowest BCUT2D eigenvalue weighted by molar-refractivity contribution is 0.277. The van der Waals surface area contributed by atoms with Crippen LogP contribution in [-0.2, 0) is 5.41 Å². The minimum absolute atomic E-state index is 0.143. The lowest BCUT2D eigenvalue weighted by Crippen LogP contribution is -2.37. The molecule has 0 aromatic heterocycles. The molecule has 3 heteroatoms. The van der Waals surface area contributed by atoms with Gasteiger partial charge in [-0.1, -0.05) is 25.3 Å². The van der Waals surface area contributed by atoms with Crippen molar-refractivity contribution in [1.82, 2.24) is 0 Å². The summed E-state index contributed by atoms with van der Waals surface area (Å²) in [5, 5.41) is 0. The van der Waals surface area contributed by atoms with Crippen LogP contribution in [0.15, 0.2) is 18.2 Å². The number of hydrogen-bond donors (Lipinski definition) is 1. The summed E-state index contributed by atoms with van der Waals surface area (Å²) in [7, 11) is 1.72. The van der Waals surface area contributed by atoms with Crippen LogP contribution in [0.4, 0.5) is 0 Å². The van der Waals surface area contributed by atoms with Gasteiger partial charge in [0.15, 0.2) is 11.5 Å². The zero-order chi connectivity index (χ0) is 14.0. The van der Waals surface area contributed by atoms with Crippen LogP contribution in [0, 0.1) is 0 Å². The molecule has 1 aromatic rings. The van der Waals surface area contributed by atoms with Gasteiger partial charge in [-0.15, -0.1) is 0 Å². The maximum atomic E-state index is 6.12. The molecule has 2 saturated carbocycles. The molecule has 0 spiro atoms. The molecule has 0 amide bonds. The highest BCUT2D eigenvalue weighted by Crippen LogP contribution is 2.42. The molecule has 0 radical (unpaired) electrons. The molecular formula is C17H25NO2. The average Bonchev–Trinajstić information content (AvgIpc) is 3.32. The Morgan fingerprint density at radius 1 is 1.15 bits per heavy atom. The minimum atomic E-state index is 0.143. The van der Waals surface area contributed by atoms with Gasteiger partial charge in [-0.05, 0) is 43.4 Å². The van der Waals surface area contributed by atoms with Gasteiger partial charge in [0, 0.05) is 12.0 Å². The third kappa shape index (κ3) is 2.64. The molecule has 3 rings (SSSR count). The first-order valence-corrected chi connectivity index (χ1v) is 7.83. The Labute approximate surface area is 121 Å². The Hall–Kier alpha value is -1.22. The topological polar surface area (TPSA) is 44.5 Å². The molecule has 2 fully saturated rings. The molecule has 3 nitrogen and oxygen atoms in total. The lowest BCUT2D eigenvalue weighted by atomic mass is 9.69. The summed E-state index contributed by atoms with van der Waals surface area (Å²) in [5.74, 6) is 1.73. The van der Waals surface area contributed by atoms with Crippen molar-refractivity contribution >= 4 is 0 Å². The van der Waals surface area contributed by atoms with Gasteiger partial charge < -0.3 is 15.2 Å². The largest absolute Gasteiger partial charge is 0.493 e. The van der Waals surface area contributed by atoms with Crippen molar-refractivity contribution in [2.75, 3.05) is 13.7 Å². The molecule has 0 aliphatic heterocycles. The van der Waals surface area contributed by atoms with Crippen molar-refractivity contribution in [3.63, 3.8) is 0 Å². The highest BCUT2D eigenvalue weighted by atomic mass is 16.5. The van der Waals surface area contributed by atoms with Gasteiger partial charge in [0.1, 0.15) is 0 Å². The molecule has 2 aliphatic carbocycles. The highest BCUT2D eigenvalue weighted by molar-refractivity contribution is 5.46. The summed E-state index contributed by atoms with van der Waals surface area (Å²) in [6.45, 7) is 0.721. The maximum Gasteiger partial charge on any atom is 0.161 e. The lowest BCUT2D eigenvalue weighted by Gasteiger charge is -2.37. The zero-order valence-corrected chi connectivity index (χ0v) is 12.4. The van der Waals surface area contributed by atoms with Crippen LogP contribution in [-0.4, -0.2) is 19.8 Å². The van der Waals surface area contributed by atoms with Crippen LogP contribution < -0.4 is 15.2 Å². The van der Waals surface area contributed by atoms with Crippen molar-refractivity contribution in [3.8, 4) is 11.5 Å². The number of nitrogens with two attached hydrogens (primary N) is 1. The molecule has 0 unspecified atom stereocenters. The Morgan fingerprint density at radius 2 is 1.90 bits per heavy atom. The van der Waals surface area contributed by atoms with E-state index in [4.69, 9.17) is 15.2 Å². The summed E-state index contributed by atoms with van der Waals surface area (Å²) in [6, 6.07) is 6.41. The molecule has 2 N–H and O–H groups in total. The first-order valence-electron chi connectivity index (χ1n) is 7.83.